The van der Waals surface area contributed by atoms with E-state index in [-0.39, 0.29) is 11.3 Å². The number of nitrogens with one attached hydrogen (secondary N) is 2. The average Bonchev–Trinajstić information content (AvgIpc) is 2.77. The van der Waals surface area contributed by atoms with E-state index in [0.29, 0.717) is 23.0 Å². The molecule has 2 N–H and O–H groups in total. The van der Waals surface area contributed by atoms with Crippen molar-refractivity contribution in [2.75, 3.05) is 10.6 Å². The number of amides is 2. The van der Waals surface area contributed by atoms with Gasteiger partial charge in [0.05, 0.1) is 16.8 Å². The van der Waals surface area contributed by atoms with Gasteiger partial charge < -0.3 is 10.6 Å². The second-order valence-corrected chi connectivity index (χ2v) is 6.65. The summed E-state index contributed by atoms with van der Waals surface area (Å²) in [4.78, 5) is 32.8. The molecule has 6 nitrogen and oxygen atoms in total. The molecule has 0 aliphatic heterocycles. The van der Waals surface area contributed by atoms with E-state index in [9.17, 15) is 27.2 Å². The highest BCUT2D eigenvalue weighted by atomic mass is 19.2. The Morgan fingerprint density at radius 2 is 1.66 bits per heavy atom. The zero-order chi connectivity index (χ0) is 22.8. The number of urea groups is 1. The van der Waals surface area contributed by atoms with E-state index in [0.717, 1.165) is 18.2 Å². The summed E-state index contributed by atoms with van der Waals surface area (Å²) in [6.07, 6.45) is 2.80. The Bertz CT molecular complexity index is 1380. The molecule has 0 spiro atoms. The lowest BCUT2D eigenvalue weighted by molar-refractivity contribution is 0.103. The summed E-state index contributed by atoms with van der Waals surface area (Å²) in [5.74, 6) is -5.27. The van der Waals surface area contributed by atoms with Gasteiger partial charge in [-0.3, -0.25) is 4.79 Å². The average molecular weight is 440 g/mol. The third kappa shape index (κ3) is 4.24. The molecular formula is C22H12F4N4O2. The van der Waals surface area contributed by atoms with Gasteiger partial charge in [-0.05, 0) is 36.4 Å². The van der Waals surface area contributed by atoms with Crippen LogP contribution in [0.4, 0.5) is 33.7 Å². The molecule has 0 saturated heterocycles. The summed E-state index contributed by atoms with van der Waals surface area (Å²) in [5, 5.41) is 4.74. The van der Waals surface area contributed by atoms with Crippen molar-refractivity contribution in [3.05, 3.63) is 95.5 Å². The summed E-state index contributed by atoms with van der Waals surface area (Å²) < 4.78 is 55.3. The zero-order valence-electron chi connectivity index (χ0n) is 16.0. The second kappa shape index (κ2) is 8.42. The van der Waals surface area contributed by atoms with Gasteiger partial charge in [-0.2, -0.15) is 0 Å². The van der Waals surface area contributed by atoms with Crippen molar-refractivity contribution in [3.63, 3.8) is 0 Å². The Hall–Kier alpha value is -4.34. The van der Waals surface area contributed by atoms with Crippen LogP contribution in [0.3, 0.4) is 0 Å². The molecule has 0 radical (unpaired) electrons. The number of benzene rings is 3. The predicted octanol–water partition coefficient (Wildman–Crippen LogP) is 5.06. The number of anilines is 2. The van der Waals surface area contributed by atoms with Crippen molar-refractivity contribution in [1.29, 1.82) is 0 Å². The second-order valence-electron chi connectivity index (χ2n) is 6.65. The predicted molar refractivity (Wildman–Crippen MR) is 108 cm³/mol. The highest BCUT2D eigenvalue weighted by Crippen LogP contribution is 2.24. The third-order valence-corrected chi connectivity index (χ3v) is 4.47. The van der Waals surface area contributed by atoms with Gasteiger partial charge in [-0.25, -0.2) is 32.3 Å². The molecular weight excluding hydrogens is 428 g/mol. The first-order valence-corrected chi connectivity index (χ1v) is 9.08. The van der Waals surface area contributed by atoms with Crippen molar-refractivity contribution in [2.45, 2.75) is 0 Å². The molecule has 0 saturated carbocycles. The van der Waals surface area contributed by atoms with Crippen molar-refractivity contribution in [2.24, 2.45) is 0 Å². The number of carbonyl (C=O) groups is 2. The van der Waals surface area contributed by atoms with Crippen LogP contribution < -0.4 is 10.6 Å². The van der Waals surface area contributed by atoms with E-state index in [4.69, 9.17) is 0 Å². The summed E-state index contributed by atoms with van der Waals surface area (Å²) in [6, 6.07) is 7.31. The number of hydrogen-bond acceptors (Lipinski definition) is 4. The molecule has 0 aliphatic rings. The van der Waals surface area contributed by atoms with Crippen molar-refractivity contribution in [1.82, 2.24) is 9.97 Å². The first-order valence-electron chi connectivity index (χ1n) is 9.08. The maximum absolute atomic E-state index is 15.0. The standard InChI is InChI=1S/C22H12F4N4O2/c23-13-6-15(21(31)11-1-4-18-12(5-11)9-27-10-28-18)20(26)19(7-13)30-22(32)29-14-2-3-16(24)17(25)8-14/h1-10H,(H2,29,30,32). The molecule has 0 aliphatic carbocycles. The van der Waals surface area contributed by atoms with Crippen LogP contribution in [-0.4, -0.2) is 21.8 Å². The monoisotopic (exact) mass is 440 g/mol. The van der Waals surface area contributed by atoms with Crippen molar-refractivity contribution >= 4 is 34.1 Å². The maximum atomic E-state index is 15.0. The number of halogens is 4. The van der Waals surface area contributed by atoms with E-state index >= 15 is 0 Å². The topological polar surface area (TPSA) is 84.0 Å². The minimum absolute atomic E-state index is 0.0639. The lowest BCUT2D eigenvalue weighted by Gasteiger charge is -2.11. The summed E-state index contributed by atoms with van der Waals surface area (Å²) >= 11 is 0. The quantitative estimate of drug-likeness (QED) is 0.343. The highest BCUT2D eigenvalue weighted by molar-refractivity contribution is 6.11. The fourth-order valence-electron chi connectivity index (χ4n) is 2.99. The lowest BCUT2D eigenvalue weighted by atomic mass is 10.0. The third-order valence-electron chi connectivity index (χ3n) is 4.47. The molecule has 1 aromatic heterocycles. The lowest BCUT2D eigenvalue weighted by Crippen LogP contribution is -2.21. The Morgan fingerprint density at radius 1 is 0.844 bits per heavy atom. The first kappa shape index (κ1) is 20.9. The van der Waals surface area contributed by atoms with Gasteiger partial charge in [-0.1, -0.05) is 0 Å². The molecule has 0 atom stereocenters. The van der Waals surface area contributed by atoms with E-state index in [1.54, 1.807) is 0 Å². The van der Waals surface area contributed by atoms with Crippen LogP contribution in [0.5, 0.6) is 0 Å². The number of nitrogens with zero attached hydrogens (tertiary/aromatic N) is 2. The largest absolute Gasteiger partial charge is 0.323 e. The zero-order valence-corrected chi connectivity index (χ0v) is 16.0. The van der Waals surface area contributed by atoms with Gasteiger partial charge in [0, 0.05) is 35.0 Å². The van der Waals surface area contributed by atoms with E-state index in [1.165, 1.54) is 30.7 Å². The molecule has 0 bridgehead atoms. The van der Waals surface area contributed by atoms with Crippen molar-refractivity contribution in [3.8, 4) is 0 Å². The molecule has 4 aromatic rings. The van der Waals surface area contributed by atoms with Crippen LogP contribution in [0.15, 0.2) is 61.1 Å². The Kier molecular flexibility index (Phi) is 5.50. The van der Waals surface area contributed by atoms with Crippen molar-refractivity contribution < 1.29 is 27.2 Å². The van der Waals surface area contributed by atoms with Crippen LogP contribution >= 0.6 is 0 Å². The SMILES string of the molecule is O=C(Nc1ccc(F)c(F)c1)Nc1cc(F)cc(C(=O)c2ccc3ncncc3c2)c1F. The van der Waals surface area contributed by atoms with Crippen LogP contribution in [0.25, 0.3) is 10.9 Å². The minimum atomic E-state index is -1.20. The van der Waals surface area contributed by atoms with Gasteiger partial charge in [0.1, 0.15) is 12.1 Å². The van der Waals surface area contributed by atoms with Crippen LogP contribution in [-0.2, 0) is 0 Å². The number of aromatic nitrogens is 2. The number of rotatable bonds is 4. The normalized spacial score (nSPS) is 10.8. The molecule has 0 fully saturated rings. The highest BCUT2D eigenvalue weighted by Gasteiger charge is 2.20. The fraction of sp³-hybridized carbons (Fsp3) is 0. The fourth-order valence-corrected chi connectivity index (χ4v) is 2.99. The molecule has 160 valence electrons. The van der Waals surface area contributed by atoms with Gasteiger partial charge in [0.2, 0.25) is 0 Å². The number of carbonyl (C=O) groups excluding carboxylic acids is 2. The molecule has 2 amide bonds. The molecule has 3 aromatic carbocycles. The van der Waals surface area contributed by atoms with Gasteiger partial charge in [0.25, 0.3) is 0 Å². The minimum Gasteiger partial charge on any atom is -0.308 e. The van der Waals surface area contributed by atoms with Gasteiger partial charge >= 0.3 is 6.03 Å². The molecule has 1 heterocycles. The molecule has 10 heteroatoms. The van der Waals surface area contributed by atoms with Gasteiger partial charge in [-0.15, -0.1) is 0 Å². The Balaban J connectivity index is 1.60. The van der Waals surface area contributed by atoms with Crippen LogP contribution in [0, 0.1) is 23.3 Å². The van der Waals surface area contributed by atoms with E-state index in [2.05, 4.69) is 20.6 Å². The number of ketones is 1. The molecule has 0 unspecified atom stereocenters. The number of fused-ring (bicyclic) bond motifs is 1. The smallest absolute Gasteiger partial charge is 0.308 e. The Morgan fingerprint density at radius 3 is 2.44 bits per heavy atom. The first-order chi connectivity index (χ1) is 15.3. The summed E-state index contributed by atoms with van der Waals surface area (Å²) in [7, 11) is 0. The Labute approximate surface area is 177 Å². The summed E-state index contributed by atoms with van der Waals surface area (Å²) in [5.41, 5.74) is -0.712. The molecule has 32 heavy (non-hydrogen) atoms. The number of hydrogen-bond donors (Lipinski definition) is 2. The van der Waals surface area contributed by atoms with E-state index in [1.807, 2.05) is 0 Å². The summed E-state index contributed by atoms with van der Waals surface area (Å²) in [6.45, 7) is 0. The molecule has 4 rings (SSSR count). The van der Waals surface area contributed by atoms with Crippen LogP contribution in [0.1, 0.15) is 15.9 Å². The van der Waals surface area contributed by atoms with Gasteiger partial charge in [0.15, 0.2) is 23.2 Å². The van der Waals surface area contributed by atoms with E-state index < -0.39 is 46.3 Å². The van der Waals surface area contributed by atoms with Crippen LogP contribution in [0.2, 0.25) is 0 Å². The maximum Gasteiger partial charge on any atom is 0.323 e.